The van der Waals surface area contributed by atoms with E-state index in [2.05, 4.69) is 12.6 Å². The molecule has 0 aliphatic carbocycles. The van der Waals surface area contributed by atoms with E-state index in [9.17, 15) is 9.59 Å². The van der Waals surface area contributed by atoms with Gasteiger partial charge in [0, 0.05) is 6.54 Å². The van der Waals surface area contributed by atoms with Crippen LogP contribution in [0.4, 0.5) is 0 Å². The van der Waals surface area contributed by atoms with Crippen molar-refractivity contribution in [1.82, 2.24) is 4.90 Å². The van der Waals surface area contributed by atoms with Gasteiger partial charge in [0.25, 0.3) is 11.8 Å². The second kappa shape index (κ2) is 4.47. The number of hydrogen-bond acceptors (Lipinski definition) is 4. The average Bonchev–Trinajstić information content (AvgIpc) is 2.04. The lowest BCUT2D eigenvalue weighted by Gasteiger charge is -2.24. The maximum Gasteiger partial charge on any atom is 0.255 e. The summed E-state index contributed by atoms with van der Waals surface area (Å²) in [6, 6.07) is 0. The minimum Gasteiger partial charge on any atom is -0.362 e. The highest BCUT2D eigenvalue weighted by atomic mass is 32.1. The number of carbonyl (C=O) groups excluding carboxylic acids is 2. The number of rotatable bonds is 3. The van der Waals surface area contributed by atoms with E-state index < -0.39 is 0 Å². The molecule has 0 radical (unpaired) electrons. The normalized spacial score (nSPS) is 18.6. The molecule has 5 heteroatoms. The van der Waals surface area contributed by atoms with E-state index in [1.807, 2.05) is 0 Å². The van der Waals surface area contributed by atoms with E-state index in [0.29, 0.717) is 12.3 Å². The summed E-state index contributed by atoms with van der Waals surface area (Å²) >= 11 is 4.00. The van der Waals surface area contributed by atoms with Gasteiger partial charge in [0.05, 0.1) is 0 Å². The van der Waals surface area contributed by atoms with E-state index in [0.717, 1.165) is 6.42 Å². The SMILES string of the molecule is O=C1COCC(=O)N1CCCS. The predicted octanol–water partition coefficient (Wildman–Crippen LogP) is -0.308. The third-order valence-corrected chi connectivity index (χ3v) is 1.91. The molecule has 1 heterocycles. The Hall–Kier alpha value is -0.550. The van der Waals surface area contributed by atoms with Crippen LogP contribution in [0.25, 0.3) is 0 Å². The third-order valence-electron chi connectivity index (χ3n) is 1.59. The van der Waals surface area contributed by atoms with Crippen LogP contribution < -0.4 is 0 Å². The largest absolute Gasteiger partial charge is 0.362 e. The Morgan fingerprint density at radius 1 is 1.33 bits per heavy atom. The Bertz CT molecular complexity index is 179. The first-order chi connectivity index (χ1) is 5.75. The molecule has 1 fully saturated rings. The Balaban J connectivity index is 2.45. The van der Waals surface area contributed by atoms with Gasteiger partial charge in [-0.1, -0.05) is 0 Å². The highest BCUT2D eigenvalue weighted by molar-refractivity contribution is 7.80. The molecule has 0 atom stereocenters. The molecular weight excluding hydrogens is 178 g/mol. The van der Waals surface area contributed by atoms with Crippen LogP contribution in [-0.4, -0.2) is 42.2 Å². The van der Waals surface area contributed by atoms with Crippen LogP contribution in [0.2, 0.25) is 0 Å². The smallest absolute Gasteiger partial charge is 0.255 e. The first-order valence-corrected chi connectivity index (χ1v) is 4.40. The van der Waals surface area contributed by atoms with Crippen molar-refractivity contribution in [3.63, 3.8) is 0 Å². The molecule has 1 aliphatic heterocycles. The van der Waals surface area contributed by atoms with Gasteiger partial charge in [0.1, 0.15) is 13.2 Å². The number of ether oxygens (including phenoxy) is 1. The molecule has 1 rings (SSSR count). The molecule has 0 bridgehead atoms. The van der Waals surface area contributed by atoms with Crippen LogP contribution in [0.15, 0.2) is 0 Å². The van der Waals surface area contributed by atoms with Crippen LogP contribution in [0.3, 0.4) is 0 Å². The second-order valence-corrected chi connectivity index (χ2v) is 2.96. The molecule has 1 saturated heterocycles. The molecule has 0 N–H and O–H groups in total. The van der Waals surface area contributed by atoms with Crippen molar-refractivity contribution < 1.29 is 14.3 Å². The molecule has 0 aromatic rings. The lowest BCUT2D eigenvalue weighted by Crippen LogP contribution is -2.46. The molecule has 0 aromatic carbocycles. The highest BCUT2D eigenvalue weighted by Crippen LogP contribution is 2.02. The summed E-state index contributed by atoms with van der Waals surface area (Å²) in [6.45, 7) is 0.515. The van der Waals surface area contributed by atoms with Gasteiger partial charge in [0.2, 0.25) is 0 Å². The maximum absolute atomic E-state index is 11.1. The van der Waals surface area contributed by atoms with Gasteiger partial charge < -0.3 is 4.74 Å². The van der Waals surface area contributed by atoms with E-state index >= 15 is 0 Å². The number of nitrogens with zero attached hydrogens (tertiary/aromatic N) is 1. The van der Waals surface area contributed by atoms with Crippen LogP contribution >= 0.6 is 12.6 Å². The Morgan fingerprint density at radius 2 is 1.92 bits per heavy atom. The molecule has 68 valence electrons. The van der Waals surface area contributed by atoms with Crippen molar-refractivity contribution in [3.05, 3.63) is 0 Å². The van der Waals surface area contributed by atoms with Crippen molar-refractivity contribution in [2.75, 3.05) is 25.5 Å². The van der Waals surface area contributed by atoms with Crippen molar-refractivity contribution >= 4 is 24.4 Å². The van der Waals surface area contributed by atoms with Crippen molar-refractivity contribution in [3.8, 4) is 0 Å². The number of thiol groups is 1. The van der Waals surface area contributed by atoms with Gasteiger partial charge >= 0.3 is 0 Å². The van der Waals surface area contributed by atoms with Gasteiger partial charge in [-0.05, 0) is 12.2 Å². The van der Waals surface area contributed by atoms with Crippen LogP contribution in [0, 0.1) is 0 Å². The van der Waals surface area contributed by atoms with Crippen LogP contribution in [0.5, 0.6) is 0 Å². The molecule has 0 unspecified atom stereocenters. The zero-order chi connectivity index (χ0) is 8.97. The van der Waals surface area contributed by atoms with Crippen LogP contribution in [-0.2, 0) is 14.3 Å². The summed E-state index contributed by atoms with van der Waals surface area (Å²) in [6.07, 6.45) is 0.737. The fourth-order valence-electron chi connectivity index (χ4n) is 0.999. The number of hydrogen-bond donors (Lipinski definition) is 1. The first kappa shape index (κ1) is 9.54. The van der Waals surface area contributed by atoms with Gasteiger partial charge in [-0.3, -0.25) is 14.5 Å². The number of imide groups is 1. The van der Waals surface area contributed by atoms with Gasteiger partial charge in [0.15, 0.2) is 0 Å². The van der Waals surface area contributed by atoms with Crippen molar-refractivity contribution in [2.24, 2.45) is 0 Å². The standard InChI is InChI=1S/C7H11NO3S/c9-6-4-11-5-7(10)8(6)2-1-3-12/h12H,1-5H2. The lowest BCUT2D eigenvalue weighted by molar-refractivity contribution is -0.158. The summed E-state index contributed by atoms with van der Waals surface area (Å²) in [7, 11) is 0. The van der Waals surface area contributed by atoms with Gasteiger partial charge in [-0.25, -0.2) is 0 Å². The second-order valence-electron chi connectivity index (χ2n) is 2.51. The fraction of sp³-hybridized carbons (Fsp3) is 0.714. The zero-order valence-corrected chi connectivity index (χ0v) is 7.55. The molecule has 0 aromatic heterocycles. The van der Waals surface area contributed by atoms with Gasteiger partial charge in [-0.2, -0.15) is 12.6 Å². The maximum atomic E-state index is 11.1. The highest BCUT2D eigenvalue weighted by Gasteiger charge is 2.25. The summed E-state index contributed by atoms with van der Waals surface area (Å²) < 4.78 is 4.74. The summed E-state index contributed by atoms with van der Waals surface area (Å²) in [4.78, 5) is 23.4. The Morgan fingerprint density at radius 3 is 2.42 bits per heavy atom. The van der Waals surface area contributed by atoms with Crippen LogP contribution in [0.1, 0.15) is 6.42 Å². The topological polar surface area (TPSA) is 46.6 Å². The lowest BCUT2D eigenvalue weighted by atomic mass is 10.3. The molecular formula is C7H11NO3S. The first-order valence-electron chi connectivity index (χ1n) is 3.77. The minimum absolute atomic E-state index is 0.0261. The monoisotopic (exact) mass is 189 g/mol. The zero-order valence-electron chi connectivity index (χ0n) is 6.65. The molecule has 1 aliphatic rings. The summed E-state index contributed by atoms with van der Waals surface area (Å²) in [5.41, 5.74) is 0. The number of morpholine rings is 1. The Kier molecular flexibility index (Phi) is 3.55. The van der Waals surface area contributed by atoms with Gasteiger partial charge in [-0.15, -0.1) is 0 Å². The van der Waals surface area contributed by atoms with E-state index in [4.69, 9.17) is 4.74 Å². The van der Waals surface area contributed by atoms with E-state index in [-0.39, 0.29) is 25.0 Å². The predicted molar refractivity (Wildman–Crippen MR) is 46.0 cm³/mol. The number of carbonyl (C=O) groups is 2. The molecule has 4 nitrogen and oxygen atoms in total. The molecule has 12 heavy (non-hydrogen) atoms. The van der Waals surface area contributed by atoms with Crippen molar-refractivity contribution in [1.29, 1.82) is 0 Å². The fourth-order valence-corrected chi connectivity index (χ4v) is 1.14. The minimum atomic E-state index is -0.243. The molecule has 0 saturated carbocycles. The van der Waals surface area contributed by atoms with E-state index in [1.54, 1.807) is 0 Å². The third kappa shape index (κ3) is 2.22. The Labute approximate surface area is 76.3 Å². The quantitative estimate of drug-likeness (QED) is 0.489. The number of amides is 2. The molecule has 2 amide bonds. The van der Waals surface area contributed by atoms with E-state index in [1.165, 1.54) is 4.90 Å². The van der Waals surface area contributed by atoms with Crippen molar-refractivity contribution in [2.45, 2.75) is 6.42 Å². The summed E-state index contributed by atoms with van der Waals surface area (Å²) in [5.74, 6) is 0.193. The summed E-state index contributed by atoms with van der Waals surface area (Å²) in [5, 5.41) is 0. The average molecular weight is 189 g/mol. The molecule has 0 spiro atoms.